The molecule has 1 aromatic rings. The van der Waals surface area contributed by atoms with Gasteiger partial charge < -0.3 is 9.64 Å². The first-order valence-corrected chi connectivity index (χ1v) is 9.50. The number of nitro groups is 1. The summed E-state index contributed by atoms with van der Waals surface area (Å²) in [5.41, 5.74) is -0.601. The van der Waals surface area contributed by atoms with Crippen LogP contribution in [0.4, 0.5) is 16.2 Å². The number of carbonyl (C=O) groups is 3. The SMILES string of the molecule is CC1CN2c3cc(Br)c([N+](=O)[O-])cc3CC3(C(=O)NC(=O)NC3=O)C2C(C)O1. The predicted octanol–water partition coefficient (Wildman–Crippen LogP) is 1.25. The Balaban J connectivity index is 1.95. The van der Waals surface area contributed by atoms with Crippen molar-refractivity contribution in [3.63, 3.8) is 0 Å². The van der Waals surface area contributed by atoms with E-state index in [9.17, 15) is 24.5 Å². The van der Waals surface area contributed by atoms with E-state index in [4.69, 9.17) is 4.74 Å². The lowest BCUT2D eigenvalue weighted by atomic mass is 9.66. The molecule has 0 saturated carbocycles. The van der Waals surface area contributed by atoms with Gasteiger partial charge in [-0.05, 0) is 41.4 Å². The summed E-state index contributed by atoms with van der Waals surface area (Å²) >= 11 is 3.24. The van der Waals surface area contributed by atoms with Gasteiger partial charge in [-0.2, -0.15) is 0 Å². The number of urea groups is 1. The molecule has 3 atom stereocenters. The van der Waals surface area contributed by atoms with E-state index in [1.54, 1.807) is 13.0 Å². The van der Waals surface area contributed by atoms with Gasteiger partial charge in [-0.15, -0.1) is 0 Å². The zero-order chi connectivity index (χ0) is 20.4. The van der Waals surface area contributed by atoms with Crippen molar-refractivity contribution in [2.75, 3.05) is 11.4 Å². The number of hydrogen-bond donors (Lipinski definition) is 2. The number of amides is 4. The van der Waals surface area contributed by atoms with Crippen LogP contribution in [0.1, 0.15) is 19.4 Å². The largest absolute Gasteiger partial charge is 0.372 e. The number of nitro benzene ring substituents is 1. The van der Waals surface area contributed by atoms with E-state index in [1.807, 2.05) is 11.8 Å². The maximum Gasteiger partial charge on any atom is 0.328 e. The van der Waals surface area contributed by atoms with Gasteiger partial charge in [-0.3, -0.25) is 30.3 Å². The second kappa shape index (κ2) is 6.24. The minimum Gasteiger partial charge on any atom is -0.372 e. The molecule has 3 aliphatic rings. The van der Waals surface area contributed by atoms with Gasteiger partial charge in [0.15, 0.2) is 5.41 Å². The molecule has 10 nitrogen and oxygen atoms in total. The average molecular weight is 453 g/mol. The van der Waals surface area contributed by atoms with E-state index in [-0.39, 0.29) is 18.2 Å². The fraction of sp³-hybridized carbons (Fsp3) is 0.471. The zero-order valence-corrected chi connectivity index (χ0v) is 16.6. The molecule has 28 heavy (non-hydrogen) atoms. The van der Waals surface area contributed by atoms with Crippen LogP contribution >= 0.6 is 15.9 Å². The first-order valence-electron chi connectivity index (χ1n) is 8.71. The Bertz CT molecular complexity index is 914. The molecular formula is C17H17BrN4O6. The minimum absolute atomic E-state index is 0.0787. The predicted molar refractivity (Wildman–Crippen MR) is 99.8 cm³/mol. The van der Waals surface area contributed by atoms with Gasteiger partial charge in [0, 0.05) is 24.7 Å². The smallest absolute Gasteiger partial charge is 0.328 e. The third kappa shape index (κ3) is 2.53. The number of morpholine rings is 1. The van der Waals surface area contributed by atoms with Crippen LogP contribution in [0.2, 0.25) is 0 Å². The Hall–Kier alpha value is -2.53. The molecule has 2 fully saturated rings. The third-order valence-electron chi connectivity index (χ3n) is 5.57. The van der Waals surface area contributed by atoms with E-state index in [1.165, 1.54) is 6.07 Å². The first-order chi connectivity index (χ1) is 13.1. The summed E-state index contributed by atoms with van der Waals surface area (Å²) in [5.74, 6) is -1.45. The summed E-state index contributed by atoms with van der Waals surface area (Å²) < 4.78 is 6.22. The van der Waals surface area contributed by atoms with Gasteiger partial charge in [-0.1, -0.05) is 0 Å². The standard InChI is InChI=1S/C17H17BrN4O6/c1-7-6-21-11-4-10(18)12(22(26)27)3-9(11)5-17(13(21)8(2)28-7)14(23)19-16(25)20-15(17)24/h3-4,7-8,13H,5-6H2,1-2H3,(H2,19,20,23,24,25). The number of benzene rings is 1. The number of fused-ring (bicyclic) bond motifs is 4. The molecule has 3 aliphatic heterocycles. The highest BCUT2D eigenvalue weighted by Crippen LogP contribution is 2.48. The zero-order valence-electron chi connectivity index (χ0n) is 15.0. The Morgan fingerprint density at radius 1 is 1.25 bits per heavy atom. The lowest BCUT2D eigenvalue weighted by Crippen LogP contribution is -2.75. The van der Waals surface area contributed by atoms with Crippen molar-refractivity contribution in [1.29, 1.82) is 0 Å². The quantitative estimate of drug-likeness (QED) is 0.372. The number of ether oxygens (including phenoxy) is 1. The van der Waals surface area contributed by atoms with Gasteiger partial charge >= 0.3 is 6.03 Å². The van der Waals surface area contributed by atoms with Crippen LogP contribution in [0.3, 0.4) is 0 Å². The summed E-state index contributed by atoms with van der Waals surface area (Å²) in [4.78, 5) is 50.3. The van der Waals surface area contributed by atoms with E-state index < -0.39 is 40.3 Å². The number of imide groups is 2. The molecule has 0 bridgehead atoms. The molecule has 2 N–H and O–H groups in total. The van der Waals surface area contributed by atoms with Crippen LogP contribution in [0.25, 0.3) is 0 Å². The topological polar surface area (TPSA) is 131 Å². The highest BCUT2D eigenvalue weighted by Gasteiger charge is 2.62. The van der Waals surface area contributed by atoms with Crippen LogP contribution < -0.4 is 15.5 Å². The van der Waals surface area contributed by atoms with Crippen molar-refractivity contribution in [3.8, 4) is 0 Å². The van der Waals surface area contributed by atoms with Gasteiger partial charge in [0.25, 0.3) is 5.69 Å². The molecule has 0 aromatic heterocycles. The van der Waals surface area contributed by atoms with Crippen molar-refractivity contribution in [3.05, 3.63) is 32.3 Å². The fourth-order valence-electron chi connectivity index (χ4n) is 4.58. The molecule has 2 saturated heterocycles. The van der Waals surface area contributed by atoms with Crippen LogP contribution in [-0.2, 0) is 20.7 Å². The number of nitrogens with zero attached hydrogens (tertiary/aromatic N) is 2. The van der Waals surface area contributed by atoms with E-state index in [0.29, 0.717) is 22.3 Å². The van der Waals surface area contributed by atoms with Gasteiger partial charge in [-0.25, -0.2) is 4.79 Å². The molecule has 1 aromatic carbocycles. The highest BCUT2D eigenvalue weighted by atomic mass is 79.9. The maximum absolute atomic E-state index is 13.0. The number of anilines is 1. The molecule has 0 radical (unpaired) electrons. The Kier molecular flexibility index (Phi) is 4.19. The molecule has 4 rings (SSSR count). The van der Waals surface area contributed by atoms with Crippen molar-refractivity contribution < 1.29 is 24.0 Å². The van der Waals surface area contributed by atoms with E-state index in [2.05, 4.69) is 26.6 Å². The summed E-state index contributed by atoms with van der Waals surface area (Å²) in [6.07, 6.45) is -0.750. The lowest BCUT2D eigenvalue weighted by Gasteiger charge is -2.55. The van der Waals surface area contributed by atoms with Crippen molar-refractivity contribution in [1.82, 2.24) is 10.6 Å². The Morgan fingerprint density at radius 2 is 1.89 bits per heavy atom. The molecule has 11 heteroatoms. The fourth-order valence-corrected chi connectivity index (χ4v) is 5.06. The molecule has 3 unspecified atom stereocenters. The normalized spacial score (nSPS) is 28.3. The Labute approximate surface area is 167 Å². The molecular weight excluding hydrogens is 436 g/mol. The van der Waals surface area contributed by atoms with Crippen LogP contribution in [-0.4, -0.2) is 47.6 Å². The maximum atomic E-state index is 13.0. The van der Waals surface area contributed by atoms with E-state index >= 15 is 0 Å². The van der Waals surface area contributed by atoms with Crippen LogP contribution in [0.15, 0.2) is 16.6 Å². The molecule has 148 valence electrons. The molecule has 0 aliphatic carbocycles. The minimum atomic E-state index is -1.64. The Morgan fingerprint density at radius 3 is 2.50 bits per heavy atom. The summed E-state index contributed by atoms with van der Waals surface area (Å²) in [5, 5.41) is 15.7. The van der Waals surface area contributed by atoms with Gasteiger partial charge in [0.1, 0.15) is 0 Å². The first kappa shape index (κ1) is 18.8. The second-order valence-electron chi connectivity index (χ2n) is 7.32. The van der Waals surface area contributed by atoms with Crippen LogP contribution in [0.5, 0.6) is 0 Å². The summed E-state index contributed by atoms with van der Waals surface area (Å²) in [6, 6.07) is 1.47. The number of hydrogen-bond acceptors (Lipinski definition) is 7. The average Bonchev–Trinajstić information content (AvgIpc) is 2.58. The summed E-state index contributed by atoms with van der Waals surface area (Å²) in [6.45, 7) is 4.04. The molecule has 1 spiro atoms. The molecule has 4 amide bonds. The molecule has 3 heterocycles. The number of rotatable bonds is 1. The van der Waals surface area contributed by atoms with Crippen molar-refractivity contribution in [2.45, 2.75) is 38.5 Å². The third-order valence-corrected chi connectivity index (χ3v) is 6.21. The lowest BCUT2D eigenvalue weighted by molar-refractivity contribution is -0.385. The monoisotopic (exact) mass is 452 g/mol. The van der Waals surface area contributed by atoms with E-state index in [0.717, 1.165) is 0 Å². The highest BCUT2D eigenvalue weighted by molar-refractivity contribution is 9.10. The summed E-state index contributed by atoms with van der Waals surface area (Å²) in [7, 11) is 0. The number of carbonyl (C=O) groups excluding carboxylic acids is 3. The van der Waals surface area contributed by atoms with Gasteiger partial charge in [0.2, 0.25) is 11.8 Å². The van der Waals surface area contributed by atoms with Crippen LogP contribution in [0, 0.1) is 15.5 Å². The number of barbiturate groups is 1. The number of halogens is 1. The van der Waals surface area contributed by atoms with Gasteiger partial charge in [0.05, 0.1) is 27.6 Å². The van der Waals surface area contributed by atoms with Crippen molar-refractivity contribution >= 4 is 45.2 Å². The number of nitrogens with one attached hydrogen (secondary N) is 2. The second-order valence-corrected chi connectivity index (χ2v) is 8.18. The van der Waals surface area contributed by atoms with Crippen molar-refractivity contribution in [2.24, 2.45) is 5.41 Å².